The summed E-state index contributed by atoms with van der Waals surface area (Å²) in [5.74, 6) is 1.66. The van der Waals surface area contributed by atoms with Crippen LogP contribution in [0.5, 0.6) is 0 Å². The molecular weight excluding hydrogens is 328 g/mol. The highest BCUT2D eigenvalue weighted by Crippen LogP contribution is 2.21. The highest BCUT2D eigenvalue weighted by atomic mass is 16.5. The van der Waals surface area contributed by atoms with E-state index in [0.29, 0.717) is 23.0 Å². The number of carbonyl (C=O) groups is 1. The van der Waals surface area contributed by atoms with E-state index < -0.39 is 0 Å². The minimum Gasteiger partial charge on any atom is -0.465 e. The maximum absolute atomic E-state index is 11.5. The first-order valence-corrected chi connectivity index (χ1v) is 8.18. The van der Waals surface area contributed by atoms with Crippen LogP contribution in [0.25, 0.3) is 0 Å². The number of rotatable bonds is 5. The van der Waals surface area contributed by atoms with Gasteiger partial charge >= 0.3 is 5.97 Å². The number of anilines is 4. The molecule has 1 aromatic heterocycles. The zero-order valence-corrected chi connectivity index (χ0v) is 14.9. The van der Waals surface area contributed by atoms with Crippen LogP contribution in [0.1, 0.15) is 21.7 Å². The van der Waals surface area contributed by atoms with Crippen molar-refractivity contribution in [1.82, 2.24) is 9.97 Å². The molecule has 0 spiro atoms. The van der Waals surface area contributed by atoms with Gasteiger partial charge in [0, 0.05) is 17.4 Å². The topological polar surface area (TPSA) is 76.1 Å². The second kappa shape index (κ2) is 7.65. The van der Waals surface area contributed by atoms with Gasteiger partial charge in [-0.2, -0.15) is 0 Å². The first kappa shape index (κ1) is 17.4. The molecule has 0 aliphatic rings. The molecule has 0 unspecified atom stereocenters. The van der Waals surface area contributed by atoms with Gasteiger partial charge in [0.1, 0.15) is 17.5 Å². The summed E-state index contributed by atoms with van der Waals surface area (Å²) in [5.41, 5.74) is 3.46. The third-order valence-electron chi connectivity index (χ3n) is 3.71. The predicted molar refractivity (Wildman–Crippen MR) is 102 cm³/mol. The van der Waals surface area contributed by atoms with E-state index in [1.54, 1.807) is 24.3 Å². The van der Waals surface area contributed by atoms with E-state index in [2.05, 4.69) is 26.7 Å². The second-order valence-electron chi connectivity index (χ2n) is 5.87. The third-order valence-corrected chi connectivity index (χ3v) is 3.71. The fourth-order valence-electron chi connectivity index (χ4n) is 2.52. The van der Waals surface area contributed by atoms with Gasteiger partial charge in [0.15, 0.2) is 0 Å². The lowest BCUT2D eigenvalue weighted by atomic mass is 10.2. The summed E-state index contributed by atoms with van der Waals surface area (Å²) in [7, 11) is 1.36. The molecule has 6 nitrogen and oxygen atoms in total. The van der Waals surface area contributed by atoms with Crippen LogP contribution in [0.3, 0.4) is 0 Å². The van der Waals surface area contributed by atoms with Crippen LogP contribution in [0.15, 0.2) is 54.6 Å². The van der Waals surface area contributed by atoms with Gasteiger partial charge in [0.2, 0.25) is 0 Å². The molecule has 0 saturated heterocycles. The number of carbonyl (C=O) groups excluding carboxylic acids is 1. The Hall–Kier alpha value is -3.41. The molecule has 0 aliphatic heterocycles. The van der Waals surface area contributed by atoms with Crippen molar-refractivity contribution < 1.29 is 9.53 Å². The Kier molecular flexibility index (Phi) is 5.12. The summed E-state index contributed by atoms with van der Waals surface area (Å²) >= 11 is 0. The lowest BCUT2D eigenvalue weighted by Gasteiger charge is -2.11. The Bertz CT molecular complexity index is 923. The van der Waals surface area contributed by atoms with Crippen LogP contribution >= 0.6 is 0 Å². The molecule has 0 aliphatic carbocycles. The zero-order chi connectivity index (χ0) is 18.5. The molecule has 3 rings (SSSR count). The molecular formula is C20H20N4O2. The van der Waals surface area contributed by atoms with Crippen molar-refractivity contribution in [2.45, 2.75) is 13.8 Å². The Labute approximate surface area is 152 Å². The van der Waals surface area contributed by atoms with Crippen LogP contribution in [0.4, 0.5) is 23.0 Å². The average molecular weight is 348 g/mol. The van der Waals surface area contributed by atoms with Crippen molar-refractivity contribution in [2.75, 3.05) is 17.7 Å². The fourth-order valence-corrected chi connectivity index (χ4v) is 2.52. The Morgan fingerprint density at radius 3 is 2.15 bits per heavy atom. The number of esters is 1. The number of aromatic nitrogens is 2. The summed E-state index contributed by atoms with van der Waals surface area (Å²) in [6.45, 7) is 3.88. The standard InChI is InChI=1S/C20H20N4O2/c1-13-5-4-6-17(11-13)24-19-12-18(21-14(2)22-19)23-16-9-7-15(8-10-16)20(25)26-3/h4-12H,1-3H3,(H2,21,22,23,24). The largest absolute Gasteiger partial charge is 0.465 e. The van der Waals surface area contributed by atoms with E-state index in [4.69, 9.17) is 4.74 Å². The number of hydrogen-bond acceptors (Lipinski definition) is 6. The first-order chi connectivity index (χ1) is 12.5. The predicted octanol–water partition coefficient (Wildman–Crippen LogP) is 4.37. The number of nitrogens with one attached hydrogen (secondary N) is 2. The Morgan fingerprint density at radius 2 is 1.54 bits per heavy atom. The van der Waals surface area contributed by atoms with E-state index in [-0.39, 0.29) is 5.97 Å². The maximum atomic E-state index is 11.5. The van der Waals surface area contributed by atoms with Crippen molar-refractivity contribution >= 4 is 29.0 Å². The fraction of sp³-hybridized carbons (Fsp3) is 0.150. The van der Waals surface area contributed by atoms with Gasteiger partial charge in [-0.25, -0.2) is 14.8 Å². The number of methoxy groups -OCH3 is 1. The molecule has 132 valence electrons. The van der Waals surface area contributed by atoms with Crippen LogP contribution in [0.2, 0.25) is 0 Å². The van der Waals surface area contributed by atoms with Gasteiger partial charge < -0.3 is 15.4 Å². The van der Waals surface area contributed by atoms with E-state index in [0.717, 1.165) is 11.4 Å². The number of ether oxygens (including phenoxy) is 1. The van der Waals surface area contributed by atoms with Crippen LogP contribution in [-0.4, -0.2) is 23.0 Å². The van der Waals surface area contributed by atoms with Gasteiger partial charge in [-0.1, -0.05) is 12.1 Å². The minimum absolute atomic E-state index is 0.362. The number of aryl methyl sites for hydroxylation is 2. The average Bonchev–Trinajstić information content (AvgIpc) is 2.61. The summed E-state index contributed by atoms with van der Waals surface area (Å²) in [6.07, 6.45) is 0. The van der Waals surface area contributed by atoms with Crippen molar-refractivity contribution in [3.63, 3.8) is 0 Å². The molecule has 0 fully saturated rings. The lowest BCUT2D eigenvalue weighted by molar-refractivity contribution is 0.0601. The molecule has 0 amide bonds. The van der Waals surface area contributed by atoms with Crippen LogP contribution < -0.4 is 10.6 Å². The lowest BCUT2D eigenvalue weighted by Crippen LogP contribution is -2.03. The van der Waals surface area contributed by atoms with Crippen molar-refractivity contribution in [3.8, 4) is 0 Å². The minimum atomic E-state index is -0.362. The molecule has 26 heavy (non-hydrogen) atoms. The van der Waals surface area contributed by atoms with Gasteiger partial charge in [-0.3, -0.25) is 0 Å². The van der Waals surface area contributed by atoms with Gasteiger partial charge in [-0.05, 0) is 55.8 Å². The molecule has 2 aromatic carbocycles. The SMILES string of the molecule is COC(=O)c1ccc(Nc2cc(Nc3cccc(C)c3)nc(C)n2)cc1. The van der Waals surface area contributed by atoms with Crippen LogP contribution in [-0.2, 0) is 4.74 Å². The molecule has 1 heterocycles. The van der Waals surface area contributed by atoms with Gasteiger partial charge in [-0.15, -0.1) is 0 Å². The van der Waals surface area contributed by atoms with E-state index in [9.17, 15) is 4.79 Å². The monoisotopic (exact) mass is 348 g/mol. The smallest absolute Gasteiger partial charge is 0.337 e. The highest BCUT2D eigenvalue weighted by molar-refractivity contribution is 5.89. The zero-order valence-electron chi connectivity index (χ0n) is 14.9. The van der Waals surface area contributed by atoms with E-state index >= 15 is 0 Å². The van der Waals surface area contributed by atoms with Gasteiger partial charge in [0.25, 0.3) is 0 Å². The summed E-state index contributed by atoms with van der Waals surface area (Å²) < 4.78 is 4.70. The Morgan fingerprint density at radius 1 is 0.885 bits per heavy atom. The normalized spacial score (nSPS) is 10.3. The maximum Gasteiger partial charge on any atom is 0.337 e. The summed E-state index contributed by atoms with van der Waals surface area (Å²) in [5, 5.41) is 6.51. The van der Waals surface area contributed by atoms with Gasteiger partial charge in [0.05, 0.1) is 12.7 Å². The summed E-state index contributed by atoms with van der Waals surface area (Å²) in [6, 6.07) is 16.9. The molecule has 0 radical (unpaired) electrons. The number of hydrogen-bond donors (Lipinski definition) is 2. The van der Waals surface area contributed by atoms with E-state index in [1.807, 2.05) is 38.1 Å². The molecule has 2 N–H and O–H groups in total. The quantitative estimate of drug-likeness (QED) is 0.667. The van der Waals surface area contributed by atoms with Crippen molar-refractivity contribution in [1.29, 1.82) is 0 Å². The molecule has 0 bridgehead atoms. The van der Waals surface area contributed by atoms with Crippen molar-refractivity contribution in [2.24, 2.45) is 0 Å². The molecule has 6 heteroatoms. The molecule has 0 atom stereocenters. The Balaban J connectivity index is 1.78. The number of benzene rings is 2. The molecule has 3 aromatic rings. The van der Waals surface area contributed by atoms with Crippen LogP contribution in [0, 0.1) is 13.8 Å². The second-order valence-corrected chi connectivity index (χ2v) is 5.87. The molecule has 0 saturated carbocycles. The van der Waals surface area contributed by atoms with E-state index in [1.165, 1.54) is 12.7 Å². The number of nitrogens with zero attached hydrogens (tertiary/aromatic N) is 2. The highest BCUT2D eigenvalue weighted by Gasteiger charge is 2.06. The summed E-state index contributed by atoms with van der Waals surface area (Å²) in [4.78, 5) is 20.3. The third kappa shape index (κ3) is 4.36. The van der Waals surface area contributed by atoms with Crippen molar-refractivity contribution in [3.05, 3.63) is 71.5 Å². The first-order valence-electron chi connectivity index (χ1n) is 8.18.